The molecule has 0 amide bonds. The summed E-state index contributed by atoms with van der Waals surface area (Å²) >= 11 is 0. The molecule has 20 heavy (non-hydrogen) atoms. The van der Waals surface area contributed by atoms with Gasteiger partial charge in [0.2, 0.25) is 0 Å². The third kappa shape index (κ3) is 1.82. The Bertz CT molecular complexity index is 786. The second-order valence-electron chi connectivity index (χ2n) is 4.49. The predicted octanol–water partition coefficient (Wildman–Crippen LogP) is 3.43. The summed E-state index contributed by atoms with van der Waals surface area (Å²) in [5, 5.41) is 3.98. The molecule has 0 fully saturated rings. The molecule has 0 atom stereocenters. The standard InChI is InChI=1S/C13H10F3N3O/c1-19-6-9(12-10(17)5-18-20-12)8-4-7(13(14,15)16)2-3-11(8)19/h2-6H,17H2,1H3. The second-order valence-corrected chi connectivity index (χ2v) is 4.49. The van der Waals surface area contributed by atoms with Crippen molar-refractivity contribution in [3.05, 3.63) is 36.2 Å². The average molecular weight is 281 g/mol. The van der Waals surface area contributed by atoms with Crippen LogP contribution in [0.3, 0.4) is 0 Å². The van der Waals surface area contributed by atoms with Gasteiger partial charge in [-0.05, 0) is 18.2 Å². The lowest BCUT2D eigenvalue weighted by Crippen LogP contribution is -2.04. The van der Waals surface area contributed by atoms with Gasteiger partial charge in [0.1, 0.15) is 5.69 Å². The maximum atomic E-state index is 12.8. The molecule has 0 aliphatic rings. The van der Waals surface area contributed by atoms with E-state index in [-0.39, 0.29) is 11.4 Å². The van der Waals surface area contributed by atoms with Crippen LogP contribution in [0.25, 0.3) is 22.2 Å². The van der Waals surface area contributed by atoms with Crippen LogP contribution in [0.4, 0.5) is 18.9 Å². The summed E-state index contributed by atoms with van der Waals surface area (Å²) in [6.45, 7) is 0. The monoisotopic (exact) mass is 281 g/mol. The molecule has 0 aliphatic heterocycles. The van der Waals surface area contributed by atoms with Crippen LogP contribution in [0.15, 0.2) is 35.1 Å². The molecule has 0 radical (unpaired) electrons. The van der Waals surface area contributed by atoms with Gasteiger partial charge in [-0.3, -0.25) is 0 Å². The Morgan fingerprint density at radius 2 is 2.05 bits per heavy atom. The molecule has 2 heterocycles. The van der Waals surface area contributed by atoms with Crippen LogP contribution in [0, 0.1) is 0 Å². The zero-order valence-electron chi connectivity index (χ0n) is 10.4. The molecule has 0 aliphatic carbocycles. The van der Waals surface area contributed by atoms with Gasteiger partial charge in [-0.2, -0.15) is 13.2 Å². The Kier molecular flexibility index (Phi) is 2.53. The van der Waals surface area contributed by atoms with Crippen molar-refractivity contribution in [3.8, 4) is 11.3 Å². The van der Waals surface area contributed by atoms with E-state index in [9.17, 15) is 13.2 Å². The van der Waals surface area contributed by atoms with Crippen molar-refractivity contribution in [2.24, 2.45) is 7.05 Å². The van der Waals surface area contributed by atoms with Gasteiger partial charge >= 0.3 is 6.18 Å². The molecular formula is C13H10F3N3O. The van der Waals surface area contributed by atoms with E-state index in [4.69, 9.17) is 10.3 Å². The number of rotatable bonds is 1. The summed E-state index contributed by atoms with van der Waals surface area (Å²) in [6.07, 6.45) is -1.41. The Labute approximate surface area is 111 Å². The van der Waals surface area contributed by atoms with Gasteiger partial charge in [0.15, 0.2) is 5.76 Å². The Balaban J connectivity index is 2.31. The van der Waals surface area contributed by atoms with Gasteiger partial charge < -0.3 is 14.8 Å². The predicted molar refractivity (Wildman–Crippen MR) is 67.8 cm³/mol. The highest BCUT2D eigenvalue weighted by atomic mass is 19.4. The largest absolute Gasteiger partial charge is 0.416 e. The Morgan fingerprint density at radius 3 is 2.65 bits per heavy atom. The molecule has 3 aromatic rings. The zero-order valence-corrected chi connectivity index (χ0v) is 10.4. The Morgan fingerprint density at radius 1 is 1.30 bits per heavy atom. The van der Waals surface area contributed by atoms with Crippen LogP contribution in [-0.2, 0) is 13.2 Å². The second kappa shape index (κ2) is 4.03. The lowest BCUT2D eigenvalue weighted by molar-refractivity contribution is -0.137. The minimum absolute atomic E-state index is 0.273. The van der Waals surface area contributed by atoms with Crippen LogP contribution in [-0.4, -0.2) is 9.72 Å². The number of hydrogen-bond acceptors (Lipinski definition) is 3. The van der Waals surface area contributed by atoms with Crippen LogP contribution < -0.4 is 5.73 Å². The van der Waals surface area contributed by atoms with Gasteiger partial charge in [-0.1, -0.05) is 5.16 Å². The van der Waals surface area contributed by atoms with Crippen LogP contribution >= 0.6 is 0 Å². The quantitative estimate of drug-likeness (QED) is 0.743. The fraction of sp³-hybridized carbons (Fsp3) is 0.154. The smallest absolute Gasteiger partial charge is 0.394 e. The van der Waals surface area contributed by atoms with Crippen LogP contribution in [0.1, 0.15) is 5.56 Å². The van der Waals surface area contributed by atoms with E-state index in [0.717, 1.165) is 12.1 Å². The minimum atomic E-state index is -4.39. The maximum Gasteiger partial charge on any atom is 0.416 e. The van der Waals surface area contributed by atoms with Crippen molar-refractivity contribution in [3.63, 3.8) is 0 Å². The summed E-state index contributed by atoms with van der Waals surface area (Å²) in [4.78, 5) is 0. The number of benzene rings is 1. The van der Waals surface area contributed by atoms with Crippen molar-refractivity contribution in [2.75, 3.05) is 5.73 Å². The first-order valence-electron chi connectivity index (χ1n) is 5.74. The maximum absolute atomic E-state index is 12.8. The van der Waals surface area contributed by atoms with Gasteiger partial charge in [-0.25, -0.2) is 0 Å². The lowest BCUT2D eigenvalue weighted by Gasteiger charge is -2.07. The first-order valence-corrected chi connectivity index (χ1v) is 5.74. The third-order valence-electron chi connectivity index (χ3n) is 3.16. The number of aromatic nitrogens is 2. The summed E-state index contributed by atoms with van der Waals surface area (Å²) in [6, 6.07) is 3.57. The number of fused-ring (bicyclic) bond motifs is 1. The number of anilines is 1. The number of alkyl halides is 3. The van der Waals surface area contributed by atoms with E-state index in [1.807, 2.05) is 0 Å². The van der Waals surface area contributed by atoms with E-state index < -0.39 is 11.7 Å². The third-order valence-corrected chi connectivity index (χ3v) is 3.16. The van der Waals surface area contributed by atoms with E-state index in [2.05, 4.69) is 5.16 Å². The average Bonchev–Trinajstić information content (AvgIpc) is 2.92. The minimum Gasteiger partial charge on any atom is -0.394 e. The first kappa shape index (κ1) is 12.6. The van der Waals surface area contributed by atoms with Crippen LogP contribution in [0.5, 0.6) is 0 Å². The molecule has 2 aromatic heterocycles. The molecule has 0 bridgehead atoms. The molecule has 0 spiro atoms. The molecule has 0 saturated heterocycles. The molecule has 7 heteroatoms. The first-order chi connectivity index (χ1) is 9.38. The number of nitrogens with zero attached hydrogens (tertiary/aromatic N) is 2. The molecule has 0 unspecified atom stereocenters. The van der Waals surface area contributed by atoms with E-state index >= 15 is 0 Å². The lowest BCUT2D eigenvalue weighted by atomic mass is 10.1. The van der Waals surface area contributed by atoms with Crippen molar-refractivity contribution < 1.29 is 17.7 Å². The Hall–Kier alpha value is -2.44. The molecule has 0 saturated carbocycles. The zero-order chi connectivity index (χ0) is 14.5. The fourth-order valence-electron chi connectivity index (χ4n) is 2.20. The van der Waals surface area contributed by atoms with Crippen molar-refractivity contribution in [1.29, 1.82) is 0 Å². The van der Waals surface area contributed by atoms with E-state index in [0.29, 0.717) is 16.5 Å². The van der Waals surface area contributed by atoms with Crippen molar-refractivity contribution >= 4 is 16.6 Å². The van der Waals surface area contributed by atoms with E-state index in [1.165, 1.54) is 12.3 Å². The number of aryl methyl sites for hydroxylation is 1. The highest BCUT2D eigenvalue weighted by molar-refractivity contribution is 5.97. The highest BCUT2D eigenvalue weighted by Crippen LogP contribution is 2.37. The van der Waals surface area contributed by atoms with Crippen LogP contribution in [0.2, 0.25) is 0 Å². The summed E-state index contributed by atoms with van der Waals surface area (Å²) in [7, 11) is 1.74. The topological polar surface area (TPSA) is 57.0 Å². The summed E-state index contributed by atoms with van der Waals surface area (Å²) in [5.74, 6) is 0.273. The molecule has 3 rings (SSSR count). The highest BCUT2D eigenvalue weighted by Gasteiger charge is 2.31. The fourth-order valence-corrected chi connectivity index (χ4v) is 2.20. The van der Waals surface area contributed by atoms with E-state index in [1.54, 1.807) is 17.8 Å². The van der Waals surface area contributed by atoms with Gasteiger partial charge in [0, 0.05) is 29.7 Å². The molecule has 2 N–H and O–H groups in total. The van der Waals surface area contributed by atoms with Crippen molar-refractivity contribution in [2.45, 2.75) is 6.18 Å². The number of nitrogen functional groups attached to an aromatic ring is 1. The SMILES string of the molecule is Cn1cc(-c2oncc2N)c2cc(C(F)(F)F)ccc21. The summed E-state index contributed by atoms with van der Waals surface area (Å²) < 4.78 is 45.2. The molecular weight excluding hydrogens is 271 g/mol. The number of nitrogens with two attached hydrogens (primary N) is 1. The number of halogens is 3. The molecule has 1 aromatic carbocycles. The normalized spacial score (nSPS) is 12.2. The number of hydrogen-bond donors (Lipinski definition) is 1. The van der Waals surface area contributed by atoms with Crippen molar-refractivity contribution in [1.82, 2.24) is 9.72 Å². The molecule has 4 nitrogen and oxygen atoms in total. The summed E-state index contributed by atoms with van der Waals surface area (Å²) in [5.41, 5.74) is 6.43. The van der Waals surface area contributed by atoms with Gasteiger partial charge in [-0.15, -0.1) is 0 Å². The van der Waals surface area contributed by atoms with Gasteiger partial charge in [0.05, 0.1) is 11.8 Å². The van der Waals surface area contributed by atoms with Gasteiger partial charge in [0.25, 0.3) is 0 Å². The molecule has 104 valence electrons.